The smallest absolute Gasteiger partial charge is 0.264 e. The third-order valence-corrected chi connectivity index (χ3v) is 6.73. The van der Waals surface area contributed by atoms with Crippen molar-refractivity contribution in [2.45, 2.75) is 11.8 Å². The van der Waals surface area contributed by atoms with Crippen molar-refractivity contribution in [2.24, 2.45) is 0 Å². The lowest BCUT2D eigenvalue weighted by Crippen LogP contribution is -2.47. The highest BCUT2D eigenvalue weighted by molar-refractivity contribution is 7.92. The van der Waals surface area contributed by atoms with Crippen molar-refractivity contribution in [3.8, 4) is 0 Å². The molecule has 1 aliphatic heterocycles. The zero-order valence-electron chi connectivity index (χ0n) is 15.9. The van der Waals surface area contributed by atoms with Gasteiger partial charge in [0.2, 0.25) is 0 Å². The van der Waals surface area contributed by atoms with Gasteiger partial charge in [-0.1, -0.05) is 29.8 Å². The maximum absolute atomic E-state index is 13.0. The van der Waals surface area contributed by atoms with Gasteiger partial charge >= 0.3 is 0 Å². The maximum atomic E-state index is 13.0. The third kappa shape index (κ3) is 3.99. The van der Waals surface area contributed by atoms with Gasteiger partial charge in [0, 0.05) is 33.2 Å². The molecule has 3 rings (SSSR count). The molecule has 27 heavy (non-hydrogen) atoms. The number of hydrogen-bond donors (Lipinski definition) is 0. The molecule has 144 valence electrons. The van der Waals surface area contributed by atoms with E-state index >= 15 is 0 Å². The molecule has 0 N–H and O–H groups in total. The number of para-hydroxylation sites is 1. The van der Waals surface area contributed by atoms with Crippen molar-refractivity contribution in [1.82, 2.24) is 9.80 Å². The van der Waals surface area contributed by atoms with Gasteiger partial charge in [0.25, 0.3) is 15.9 Å². The van der Waals surface area contributed by atoms with Gasteiger partial charge in [-0.2, -0.15) is 0 Å². The monoisotopic (exact) mass is 387 g/mol. The number of carbonyl (C=O) groups excluding carboxylic acids is 1. The molecule has 0 aliphatic carbocycles. The van der Waals surface area contributed by atoms with Crippen LogP contribution in [0.4, 0.5) is 5.69 Å². The van der Waals surface area contributed by atoms with Crippen molar-refractivity contribution >= 4 is 21.6 Å². The minimum Gasteiger partial charge on any atom is -0.336 e. The predicted molar refractivity (Wildman–Crippen MR) is 107 cm³/mol. The van der Waals surface area contributed by atoms with Gasteiger partial charge in [0.1, 0.15) is 0 Å². The molecule has 2 aromatic rings. The highest BCUT2D eigenvalue weighted by atomic mass is 32.2. The second-order valence-electron chi connectivity index (χ2n) is 6.90. The van der Waals surface area contributed by atoms with Gasteiger partial charge in [-0.05, 0) is 38.2 Å². The SMILES string of the molecule is Cc1ccc(S(=O)(=O)N(C)c2ccccc2C(=O)N2CCN(C)CC2)cc1. The average Bonchev–Trinajstić information content (AvgIpc) is 2.68. The summed E-state index contributed by atoms with van der Waals surface area (Å²) >= 11 is 0. The molecular weight excluding hydrogens is 362 g/mol. The van der Waals surface area contributed by atoms with Crippen molar-refractivity contribution in [3.63, 3.8) is 0 Å². The number of rotatable bonds is 4. The molecule has 1 aliphatic rings. The average molecular weight is 388 g/mol. The van der Waals surface area contributed by atoms with Crippen LogP contribution in [0.1, 0.15) is 15.9 Å². The molecule has 1 amide bonds. The zero-order chi connectivity index (χ0) is 19.6. The van der Waals surface area contributed by atoms with Gasteiger partial charge in [0.15, 0.2) is 0 Å². The van der Waals surface area contributed by atoms with E-state index in [0.29, 0.717) is 24.3 Å². The minimum absolute atomic E-state index is 0.135. The lowest BCUT2D eigenvalue weighted by molar-refractivity contribution is 0.0665. The number of amides is 1. The van der Waals surface area contributed by atoms with E-state index in [1.54, 1.807) is 53.4 Å². The van der Waals surface area contributed by atoms with Crippen LogP contribution < -0.4 is 4.31 Å². The number of hydrogen-bond acceptors (Lipinski definition) is 4. The van der Waals surface area contributed by atoms with Crippen LogP contribution in [0, 0.1) is 6.92 Å². The van der Waals surface area contributed by atoms with Crippen LogP contribution >= 0.6 is 0 Å². The Hall–Kier alpha value is -2.38. The van der Waals surface area contributed by atoms with Gasteiger partial charge in [-0.25, -0.2) is 8.42 Å². The molecule has 6 nitrogen and oxygen atoms in total. The van der Waals surface area contributed by atoms with Gasteiger partial charge < -0.3 is 9.80 Å². The summed E-state index contributed by atoms with van der Waals surface area (Å²) in [5.41, 5.74) is 1.78. The van der Waals surface area contributed by atoms with Crippen LogP contribution in [-0.2, 0) is 10.0 Å². The fourth-order valence-corrected chi connectivity index (χ4v) is 4.32. The Morgan fingerprint density at radius 2 is 1.56 bits per heavy atom. The van der Waals surface area contributed by atoms with Crippen molar-refractivity contribution in [1.29, 1.82) is 0 Å². The quantitative estimate of drug-likeness (QED) is 0.807. The molecule has 0 bridgehead atoms. The molecule has 1 saturated heterocycles. The molecule has 2 aromatic carbocycles. The topological polar surface area (TPSA) is 60.9 Å². The van der Waals surface area contributed by atoms with Gasteiger partial charge in [-0.15, -0.1) is 0 Å². The van der Waals surface area contributed by atoms with E-state index in [1.807, 2.05) is 14.0 Å². The first-order chi connectivity index (χ1) is 12.8. The lowest BCUT2D eigenvalue weighted by atomic mass is 10.1. The predicted octanol–water partition coefficient (Wildman–Crippen LogP) is 2.21. The summed E-state index contributed by atoms with van der Waals surface area (Å²) in [7, 11) is -0.233. The summed E-state index contributed by atoms with van der Waals surface area (Å²) in [5.74, 6) is -0.135. The highest BCUT2D eigenvalue weighted by Crippen LogP contribution is 2.27. The fourth-order valence-electron chi connectivity index (χ4n) is 3.11. The maximum Gasteiger partial charge on any atom is 0.264 e. The Kier molecular flexibility index (Phi) is 5.53. The van der Waals surface area contributed by atoms with Crippen LogP contribution in [0.3, 0.4) is 0 Å². The molecular formula is C20H25N3O3S. The minimum atomic E-state index is -3.75. The van der Waals surface area contributed by atoms with Crippen LogP contribution in [0.2, 0.25) is 0 Å². The van der Waals surface area contributed by atoms with E-state index in [0.717, 1.165) is 18.7 Å². The first-order valence-corrected chi connectivity index (χ1v) is 10.4. The van der Waals surface area contributed by atoms with Crippen molar-refractivity contribution in [3.05, 3.63) is 59.7 Å². The van der Waals surface area contributed by atoms with Crippen LogP contribution in [0.25, 0.3) is 0 Å². The number of likely N-dealkylation sites (N-methyl/N-ethyl adjacent to an activating group) is 1. The molecule has 0 unspecified atom stereocenters. The molecule has 1 fully saturated rings. The number of sulfonamides is 1. The second kappa shape index (κ2) is 7.70. The number of benzene rings is 2. The van der Waals surface area contributed by atoms with Crippen LogP contribution in [0.5, 0.6) is 0 Å². The van der Waals surface area contributed by atoms with E-state index in [9.17, 15) is 13.2 Å². The standard InChI is InChI=1S/C20H25N3O3S/c1-16-8-10-17(11-9-16)27(25,26)22(3)19-7-5-4-6-18(19)20(24)23-14-12-21(2)13-15-23/h4-11H,12-15H2,1-3H3. The van der Waals surface area contributed by atoms with E-state index in [-0.39, 0.29) is 10.8 Å². The molecule has 1 heterocycles. The Morgan fingerprint density at radius 1 is 0.963 bits per heavy atom. The second-order valence-corrected chi connectivity index (χ2v) is 8.87. The Morgan fingerprint density at radius 3 is 2.19 bits per heavy atom. The van der Waals surface area contributed by atoms with E-state index in [4.69, 9.17) is 0 Å². The molecule has 7 heteroatoms. The van der Waals surface area contributed by atoms with Crippen LogP contribution in [-0.4, -0.2) is 64.4 Å². The van der Waals surface area contributed by atoms with Crippen LogP contribution in [0.15, 0.2) is 53.4 Å². The molecule has 0 aromatic heterocycles. The van der Waals surface area contributed by atoms with E-state index in [2.05, 4.69) is 4.90 Å². The molecule has 0 saturated carbocycles. The number of anilines is 1. The number of aryl methyl sites for hydroxylation is 1. The summed E-state index contributed by atoms with van der Waals surface area (Å²) in [4.78, 5) is 17.2. The number of piperazine rings is 1. The summed E-state index contributed by atoms with van der Waals surface area (Å²) in [6.07, 6.45) is 0. The van der Waals surface area contributed by atoms with E-state index < -0.39 is 10.0 Å². The van der Waals surface area contributed by atoms with Gasteiger partial charge in [0.05, 0.1) is 16.1 Å². The zero-order valence-corrected chi connectivity index (χ0v) is 16.7. The number of carbonyl (C=O) groups is 1. The summed E-state index contributed by atoms with van der Waals surface area (Å²) in [6.45, 7) is 4.80. The number of nitrogens with zero attached hydrogens (tertiary/aromatic N) is 3. The fraction of sp³-hybridized carbons (Fsp3) is 0.350. The first kappa shape index (κ1) is 19.4. The third-order valence-electron chi connectivity index (χ3n) is 4.94. The molecule has 0 radical (unpaired) electrons. The summed E-state index contributed by atoms with van der Waals surface area (Å²) in [6, 6.07) is 13.6. The van der Waals surface area contributed by atoms with Crippen molar-refractivity contribution < 1.29 is 13.2 Å². The highest BCUT2D eigenvalue weighted by Gasteiger charge is 2.27. The molecule has 0 atom stereocenters. The van der Waals surface area contributed by atoms with E-state index in [1.165, 1.54) is 11.4 Å². The summed E-state index contributed by atoms with van der Waals surface area (Å²) in [5, 5.41) is 0. The Labute approximate surface area is 161 Å². The Bertz CT molecular complexity index is 918. The Balaban J connectivity index is 1.93. The van der Waals surface area contributed by atoms with Gasteiger partial charge in [-0.3, -0.25) is 9.10 Å². The summed E-state index contributed by atoms with van der Waals surface area (Å²) < 4.78 is 27.3. The normalized spacial score (nSPS) is 15.6. The first-order valence-electron chi connectivity index (χ1n) is 8.93. The largest absolute Gasteiger partial charge is 0.336 e. The van der Waals surface area contributed by atoms with Crippen molar-refractivity contribution in [2.75, 3.05) is 44.6 Å². The lowest BCUT2D eigenvalue weighted by Gasteiger charge is -2.33. The molecule has 0 spiro atoms.